The van der Waals surface area contributed by atoms with E-state index in [0.717, 1.165) is 37.8 Å². The summed E-state index contributed by atoms with van der Waals surface area (Å²) >= 11 is 0. The molecule has 0 radical (unpaired) electrons. The molecule has 0 aromatic carbocycles. The maximum atomic E-state index is 7.39. The van der Waals surface area contributed by atoms with Crippen molar-refractivity contribution < 1.29 is 0 Å². The maximum absolute atomic E-state index is 7.39. The predicted molar refractivity (Wildman–Crippen MR) is 45.3 cm³/mol. The molecular weight excluding hydrogens is 124 g/mol. The van der Waals surface area contributed by atoms with Crippen LogP contribution in [0, 0.1) is 10.8 Å². The first-order chi connectivity index (χ1) is 4.81. The highest BCUT2D eigenvalue weighted by atomic mass is 14.4. The van der Waals surface area contributed by atoms with Gasteiger partial charge in [-0.2, -0.15) is 0 Å². The molecule has 10 heavy (non-hydrogen) atoms. The summed E-state index contributed by atoms with van der Waals surface area (Å²) in [5, 5.41) is 14.1. The zero-order chi connectivity index (χ0) is 7.82. The second-order valence-electron chi connectivity index (χ2n) is 2.45. The minimum Gasteiger partial charge on any atom is -0.313 e. The van der Waals surface area contributed by atoms with E-state index >= 15 is 0 Å². The summed E-state index contributed by atoms with van der Waals surface area (Å²) in [7, 11) is 0. The highest BCUT2D eigenvalue weighted by Crippen LogP contribution is 1.99. The molecule has 0 amide bonds. The van der Waals surface area contributed by atoms with Crippen molar-refractivity contribution in [2.45, 2.75) is 39.0 Å². The van der Waals surface area contributed by atoms with Crippen LogP contribution in [-0.4, -0.2) is 11.9 Å². The third kappa shape index (κ3) is 5.48. The normalized spacial score (nSPS) is 9.30. The first-order valence-electron chi connectivity index (χ1n) is 3.86. The summed E-state index contributed by atoms with van der Waals surface area (Å²) in [4.78, 5) is 0. The summed E-state index contributed by atoms with van der Waals surface area (Å²) < 4.78 is 0. The van der Waals surface area contributed by atoms with Gasteiger partial charge in [-0.3, -0.25) is 0 Å². The number of hydrogen-bond donors (Lipinski definition) is 2. The minimum atomic E-state index is 0.739. The van der Waals surface area contributed by atoms with Gasteiger partial charge >= 0.3 is 0 Å². The molecule has 0 heterocycles. The maximum Gasteiger partial charge on any atom is 0.00928 e. The zero-order valence-electron chi connectivity index (χ0n) is 6.61. The molecule has 0 bridgehead atoms. The van der Waals surface area contributed by atoms with Gasteiger partial charge in [0.2, 0.25) is 0 Å². The Morgan fingerprint density at radius 2 is 2.10 bits per heavy atom. The summed E-state index contributed by atoms with van der Waals surface area (Å²) in [6, 6.07) is 0. The van der Waals surface area contributed by atoms with E-state index in [1.807, 2.05) is 0 Å². The van der Waals surface area contributed by atoms with Gasteiger partial charge in [0, 0.05) is 5.71 Å². The standard InChI is InChI=1S/C8H16N2/c1-2-3-5-8(10)6-4-7-9/h7,9-10H,2-6H2,1H3. The second kappa shape index (κ2) is 6.46. The number of nitrogens with one attached hydrogen (secondary N) is 2. The first-order valence-corrected chi connectivity index (χ1v) is 3.86. The molecule has 0 aliphatic heterocycles. The Balaban J connectivity index is 3.16. The van der Waals surface area contributed by atoms with Gasteiger partial charge in [0.15, 0.2) is 0 Å². The molecule has 0 saturated carbocycles. The summed E-state index contributed by atoms with van der Waals surface area (Å²) in [6.45, 7) is 2.13. The fourth-order valence-corrected chi connectivity index (χ4v) is 0.762. The summed E-state index contributed by atoms with van der Waals surface area (Å²) in [6.07, 6.45) is 6.10. The Kier molecular flexibility index (Phi) is 6.03. The molecule has 0 atom stereocenters. The molecule has 2 heteroatoms. The number of unbranched alkanes of at least 4 members (excludes halogenated alkanes) is 1. The van der Waals surface area contributed by atoms with Gasteiger partial charge < -0.3 is 10.8 Å². The van der Waals surface area contributed by atoms with Crippen LogP contribution in [0.2, 0.25) is 0 Å². The Bertz CT molecular complexity index is 108. The quantitative estimate of drug-likeness (QED) is 0.533. The van der Waals surface area contributed by atoms with Gasteiger partial charge in [-0.25, -0.2) is 0 Å². The largest absolute Gasteiger partial charge is 0.313 e. The van der Waals surface area contributed by atoms with Gasteiger partial charge in [-0.05, 0) is 31.9 Å². The van der Waals surface area contributed by atoms with Crippen molar-refractivity contribution in [2.24, 2.45) is 0 Å². The van der Waals surface area contributed by atoms with Crippen LogP contribution in [0.5, 0.6) is 0 Å². The highest BCUT2D eigenvalue weighted by Gasteiger charge is 1.93. The van der Waals surface area contributed by atoms with Crippen LogP contribution < -0.4 is 0 Å². The highest BCUT2D eigenvalue weighted by molar-refractivity contribution is 5.83. The van der Waals surface area contributed by atoms with E-state index in [0.29, 0.717) is 0 Å². The van der Waals surface area contributed by atoms with Gasteiger partial charge in [-0.15, -0.1) is 0 Å². The lowest BCUT2D eigenvalue weighted by Crippen LogP contribution is -1.95. The fraction of sp³-hybridized carbons (Fsp3) is 0.750. The number of hydrogen-bond acceptors (Lipinski definition) is 2. The third-order valence-electron chi connectivity index (χ3n) is 1.42. The van der Waals surface area contributed by atoms with Crippen LogP contribution >= 0.6 is 0 Å². The Morgan fingerprint density at radius 3 is 2.60 bits per heavy atom. The van der Waals surface area contributed by atoms with Crippen molar-refractivity contribution >= 4 is 11.9 Å². The van der Waals surface area contributed by atoms with Gasteiger partial charge in [0.1, 0.15) is 0 Å². The Morgan fingerprint density at radius 1 is 1.40 bits per heavy atom. The predicted octanol–water partition coefficient (Wildman–Crippen LogP) is 2.63. The lowest BCUT2D eigenvalue weighted by atomic mass is 10.1. The van der Waals surface area contributed by atoms with E-state index in [2.05, 4.69) is 6.92 Å². The van der Waals surface area contributed by atoms with Crippen LogP contribution in [-0.2, 0) is 0 Å². The average Bonchev–Trinajstić information content (AvgIpc) is 1.97. The lowest BCUT2D eigenvalue weighted by molar-refractivity contribution is 0.820. The van der Waals surface area contributed by atoms with Crippen molar-refractivity contribution in [3.63, 3.8) is 0 Å². The lowest BCUT2D eigenvalue weighted by Gasteiger charge is -1.98. The van der Waals surface area contributed by atoms with E-state index in [1.165, 1.54) is 6.21 Å². The molecule has 0 aliphatic rings. The summed E-state index contributed by atoms with van der Waals surface area (Å²) in [5.74, 6) is 0. The van der Waals surface area contributed by atoms with Crippen LogP contribution in [0.15, 0.2) is 0 Å². The van der Waals surface area contributed by atoms with E-state index in [9.17, 15) is 0 Å². The van der Waals surface area contributed by atoms with E-state index in [4.69, 9.17) is 10.8 Å². The molecule has 0 fully saturated rings. The molecule has 58 valence electrons. The molecule has 0 saturated heterocycles. The second-order valence-corrected chi connectivity index (χ2v) is 2.45. The molecule has 0 unspecified atom stereocenters. The van der Waals surface area contributed by atoms with E-state index in [1.54, 1.807) is 0 Å². The van der Waals surface area contributed by atoms with Crippen molar-refractivity contribution in [3.05, 3.63) is 0 Å². The topological polar surface area (TPSA) is 47.7 Å². The van der Waals surface area contributed by atoms with Crippen molar-refractivity contribution in [1.82, 2.24) is 0 Å². The molecule has 0 spiro atoms. The third-order valence-corrected chi connectivity index (χ3v) is 1.42. The van der Waals surface area contributed by atoms with Gasteiger partial charge in [-0.1, -0.05) is 13.3 Å². The van der Waals surface area contributed by atoms with Gasteiger partial charge in [0.05, 0.1) is 0 Å². The van der Waals surface area contributed by atoms with Crippen molar-refractivity contribution in [1.29, 1.82) is 10.8 Å². The molecule has 2 N–H and O–H groups in total. The van der Waals surface area contributed by atoms with Crippen LogP contribution in [0.4, 0.5) is 0 Å². The molecule has 0 rings (SSSR count). The Hall–Kier alpha value is -0.660. The van der Waals surface area contributed by atoms with Crippen LogP contribution in [0.25, 0.3) is 0 Å². The molecule has 0 aromatic rings. The molecule has 0 aliphatic carbocycles. The zero-order valence-corrected chi connectivity index (χ0v) is 6.61. The van der Waals surface area contributed by atoms with E-state index in [-0.39, 0.29) is 0 Å². The average molecular weight is 140 g/mol. The SMILES string of the molecule is CCCCC(=N)CCC=N. The van der Waals surface area contributed by atoms with Crippen LogP contribution in [0.1, 0.15) is 39.0 Å². The Labute approximate surface area is 62.7 Å². The van der Waals surface area contributed by atoms with Crippen LogP contribution in [0.3, 0.4) is 0 Å². The molecule has 0 aromatic heterocycles. The first kappa shape index (κ1) is 9.34. The molecule has 2 nitrogen and oxygen atoms in total. The molecular formula is C8H16N2. The smallest absolute Gasteiger partial charge is 0.00928 e. The fourth-order valence-electron chi connectivity index (χ4n) is 0.762. The van der Waals surface area contributed by atoms with Crippen molar-refractivity contribution in [2.75, 3.05) is 0 Å². The minimum absolute atomic E-state index is 0.739. The van der Waals surface area contributed by atoms with E-state index < -0.39 is 0 Å². The number of rotatable bonds is 6. The monoisotopic (exact) mass is 140 g/mol. The van der Waals surface area contributed by atoms with Gasteiger partial charge in [0.25, 0.3) is 0 Å². The summed E-state index contributed by atoms with van der Waals surface area (Å²) in [5.41, 5.74) is 0.797. The van der Waals surface area contributed by atoms with Crippen molar-refractivity contribution in [3.8, 4) is 0 Å².